The summed E-state index contributed by atoms with van der Waals surface area (Å²) in [7, 11) is -14.3. The van der Waals surface area contributed by atoms with Crippen molar-refractivity contribution in [2.45, 2.75) is 28.5 Å². The number of anilines is 1. The fourth-order valence-corrected chi connectivity index (χ4v) is 6.45. The Hall–Kier alpha value is 0.0800. The van der Waals surface area contributed by atoms with Crippen LogP contribution in [0.15, 0.2) is 55.2 Å². The summed E-state index contributed by atoms with van der Waals surface area (Å²) in [6.45, 7) is 1.98. The van der Waals surface area contributed by atoms with Crippen LogP contribution in [0, 0.1) is 13.8 Å². The number of benzene rings is 3. The third kappa shape index (κ3) is 11.4. The maximum atomic E-state index is 12.6. The normalized spacial score (nSPS) is 12.0. The molecule has 3 N–H and O–H groups in total. The van der Waals surface area contributed by atoms with Gasteiger partial charge in [0.05, 0.1) is 51.0 Å². The van der Waals surface area contributed by atoms with Crippen LogP contribution in [-0.2, 0) is 43.9 Å². The summed E-state index contributed by atoms with van der Waals surface area (Å²) in [5.41, 5.74) is 5.40. The maximum absolute atomic E-state index is 12.6. The molecule has 0 saturated carbocycles. The van der Waals surface area contributed by atoms with Crippen molar-refractivity contribution in [3.63, 3.8) is 0 Å². The summed E-state index contributed by atoms with van der Waals surface area (Å²) in [6, 6.07) is 5.78. The van der Waals surface area contributed by atoms with Crippen molar-refractivity contribution in [2.75, 3.05) is 18.1 Å². The van der Waals surface area contributed by atoms with Gasteiger partial charge in [-0.05, 0) is 60.7 Å². The first-order valence-corrected chi connectivity index (χ1v) is 15.6. The number of hydrogen-bond donors (Lipinski definition) is 2. The zero-order valence-electron chi connectivity index (χ0n) is 23.3. The van der Waals surface area contributed by atoms with Gasteiger partial charge in [0.1, 0.15) is 21.6 Å². The summed E-state index contributed by atoms with van der Waals surface area (Å²) < 4.78 is 101. The standard InChI is InChI=1S/C20H21N3O13S4.3Na/c1-10-6-16(38(26,27)4-3-34-40(31,32)33)11(2)5-14(10)22-23-20-18-12(8-17(19(20)21)39(28,29)30)7-13(9-15(18)24)37-36-35-25;;;/h5-9,24-25H,3-4,21H2,1-2H3,(H,28,29,30)(H,31,32,33);;;/q;3*+1/p-3. The number of phenols is 1. The monoisotopic (exact) mass is 705 g/mol. The Labute approximate surface area is 317 Å². The largest absolute Gasteiger partial charge is 1.00 e. The summed E-state index contributed by atoms with van der Waals surface area (Å²) in [5, 5.41) is 31.8. The van der Waals surface area contributed by atoms with E-state index in [1.165, 1.54) is 32.0 Å². The van der Waals surface area contributed by atoms with E-state index < -0.39 is 64.7 Å². The molecule has 3 aromatic rings. The quantitative estimate of drug-likeness (QED) is 0.0274. The summed E-state index contributed by atoms with van der Waals surface area (Å²) in [5.74, 6) is -1.30. The van der Waals surface area contributed by atoms with Crippen LogP contribution in [0.5, 0.6) is 5.75 Å². The Morgan fingerprint density at radius 1 is 0.907 bits per heavy atom. The Morgan fingerprint density at radius 3 is 2.09 bits per heavy atom. The van der Waals surface area contributed by atoms with Gasteiger partial charge in [-0.2, -0.15) is 9.45 Å². The second-order valence-electron chi connectivity index (χ2n) is 8.00. The topological polar surface area (TPSA) is 270 Å². The van der Waals surface area contributed by atoms with Gasteiger partial charge in [0.25, 0.3) is 0 Å². The molecule has 43 heavy (non-hydrogen) atoms. The molecule has 3 rings (SSSR count). The van der Waals surface area contributed by atoms with E-state index in [9.17, 15) is 44.7 Å². The molecule has 0 radical (unpaired) electrons. The van der Waals surface area contributed by atoms with E-state index in [2.05, 4.69) is 23.8 Å². The SMILES string of the molecule is Cc1cc(S(=O)(=O)CCOS(=O)(=O)[O-])c(C)cc1N=Nc1c(N)c(S(=O)(=O)[O-])cc2cc(SOO[O-])cc(O)c12.[Na+].[Na+].[Na+]. The molecule has 16 nitrogen and oxygen atoms in total. The van der Waals surface area contributed by atoms with Crippen molar-refractivity contribution < 1.29 is 147 Å². The Morgan fingerprint density at radius 2 is 1.53 bits per heavy atom. The van der Waals surface area contributed by atoms with Crippen LogP contribution in [0.25, 0.3) is 10.8 Å². The summed E-state index contributed by atoms with van der Waals surface area (Å²) in [6.07, 6.45) is 0. The number of rotatable bonds is 11. The van der Waals surface area contributed by atoms with E-state index >= 15 is 0 Å². The van der Waals surface area contributed by atoms with Crippen LogP contribution in [-0.4, -0.2) is 51.8 Å². The minimum atomic E-state index is -5.13. The molecule has 0 saturated heterocycles. The van der Waals surface area contributed by atoms with Crippen LogP contribution in [0.4, 0.5) is 17.1 Å². The molecular formula is C20H18N3Na3O13S4. The maximum Gasteiger partial charge on any atom is 1.00 e. The molecule has 0 fully saturated rings. The number of phenolic OH excluding ortho intramolecular Hbond substituents is 1. The zero-order valence-corrected chi connectivity index (χ0v) is 32.5. The molecule has 23 heteroatoms. The van der Waals surface area contributed by atoms with Crippen molar-refractivity contribution in [2.24, 2.45) is 10.2 Å². The molecule has 0 bridgehead atoms. The van der Waals surface area contributed by atoms with Crippen molar-refractivity contribution in [1.29, 1.82) is 0 Å². The smallest absolute Gasteiger partial charge is 0.744 e. The number of fused-ring (bicyclic) bond motifs is 1. The van der Waals surface area contributed by atoms with E-state index in [4.69, 9.17) is 5.73 Å². The molecule has 218 valence electrons. The van der Waals surface area contributed by atoms with Gasteiger partial charge in [-0.15, -0.1) is 5.11 Å². The number of nitrogens with two attached hydrogens (primary N) is 1. The molecule has 0 aliphatic heterocycles. The van der Waals surface area contributed by atoms with Gasteiger partial charge in [-0.3, -0.25) is 9.22 Å². The molecule has 0 aliphatic carbocycles. The first kappa shape index (κ1) is 43.1. The summed E-state index contributed by atoms with van der Waals surface area (Å²) in [4.78, 5) is -0.982. The molecule has 0 heterocycles. The molecule has 3 aromatic carbocycles. The molecule has 0 aliphatic rings. The fourth-order valence-electron chi connectivity index (χ4n) is 3.55. The predicted octanol–water partition coefficient (Wildman–Crippen LogP) is -7.44. The van der Waals surface area contributed by atoms with Crippen molar-refractivity contribution in [3.8, 4) is 5.75 Å². The van der Waals surface area contributed by atoms with Crippen LogP contribution >= 0.6 is 12.0 Å². The number of azo groups is 1. The van der Waals surface area contributed by atoms with Gasteiger partial charge in [-0.1, -0.05) is 0 Å². The van der Waals surface area contributed by atoms with E-state index in [-0.39, 0.29) is 126 Å². The molecule has 0 unspecified atom stereocenters. The fraction of sp³-hybridized carbons (Fsp3) is 0.200. The van der Waals surface area contributed by atoms with Crippen LogP contribution in [0.3, 0.4) is 0 Å². The number of sulfone groups is 1. The molecule has 0 atom stereocenters. The molecule has 0 amide bonds. The average Bonchev–Trinajstić information content (AvgIpc) is 2.81. The predicted molar refractivity (Wildman–Crippen MR) is 134 cm³/mol. The van der Waals surface area contributed by atoms with Gasteiger partial charge in [-0.25, -0.2) is 25.3 Å². The van der Waals surface area contributed by atoms with E-state index in [0.29, 0.717) is 12.0 Å². The van der Waals surface area contributed by atoms with Crippen LogP contribution in [0.1, 0.15) is 11.1 Å². The Kier molecular flexibility index (Phi) is 17.3. The third-order valence-corrected chi connectivity index (χ3v) is 8.96. The van der Waals surface area contributed by atoms with Gasteiger partial charge >= 0.3 is 88.7 Å². The van der Waals surface area contributed by atoms with E-state index in [1.807, 2.05) is 0 Å². The van der Waals surface area contributed by atoms with Crippen LogP contribution in [0.2, 0.25) is 0 Å². The number of aryl methyl sites for hydroxylation is 2. The number of aromatic hydroxyl groups is 1. The van der Waals surface area contributed by atoms with Gasteiger partial charge in [0.15, 0.2) is 9.84 Å². The third-order valence-electron chi connectivity index (χ3n) is 5.26. The molecule has 0 aromatic heterocycles. The van der Waals surface area contributed by atoms with Gasteiger partial charge < -0.3 is 25.2 Å². The second kappa shape index (κ2) is 17.3. The minimum Gasteiger partial charge on any atom is -0.744 e. The summed E-state index contributed by atoms with van der Waals surface area (Å²) >= 11 is 0.386. The van der Waals surface area contributed by atoms with Crippen molar-refractivity contribution >= 4 is 70.2 Å². The van der Waals surface area contributed by atoms with Gasteiger partial charge in [0, 0.05) is 4.90 Å². The van der Waals surface area contributed by atoms with Crippen molar-refractivity contribution in [1.82, 2.24) is 0 Å². The van der Waals surface area contributed by atoms with Crippen LogP contribution < -0.4 is 99.7 Å². The Balaban J connectivity index is 0.00000588. The number of hydrogen-bond acceptors (Lipinski definition) is 17. The average molecular weight is 706 g/mol. The first-order chi connectivity index (χ1) is 18.4. The second-order valence-corrected chi connectivity index (χ2v) is 13.3. The number of nitrogens with zero attached hydrogens (tertiary/aromatic N) is 2. The minimum absolute atomic E-state index is 0. The van der Waals surface area contributed by atoms with Gasteiger partial charge in [0.2, 0.25) is 10.4 Å². The van der Waals surface area contributed by atoms with E-state index in [1.54, 1.807) is 0 Å². The van der Waals surface area contributed by atoms with E-state index in [0.717, 1.165) is 12.1 Å². The zero-order chi connectivity index (χ0) is 30.0. The first-order valence-electron chi connectivity index (χ1n) is 10.5. The molecule has 0 spiro atoms. The molecular weight excluding hydrogens is 687 g/mol. The number of nitrogen functional groups attached to an aromatic ring is 1. The van der Waals surface area contributed by atoms with Crippen molar-refractivity contribution in [3.05, 3.63) is 41.5 Å². The Bertz CT molecular complexity index is 1840.